The maximum absolute atomic E-state index is 9.70. The van der Waals surface area contributed by atoms with Gasteiger partial charge in [-0.15, -0.1) is 0 Å². The number of hydrogen-bond acceptors (Lipinski definition) is 2. The fraction of sp³-hybridized carbons (Fsp3) is 0.700. The molecule has 0 bridgehead atoms. The molecule has 126 valence electrons. The molecule has 1 aromatic rings. The van der Waals surface area contributed by atoms with Crippen LogP contribution in [0.25, 0.3) is 0 Å². The standard InChI is InChI=1S/C20H34O2/c1-2-3-4-5-6-7-8-9-10-11-12-13-14-18-17-19(21)15-16-20(18)22/h15-17,21-22H,2-14H2,1H3. The van der Waals surface area contributed by atoms with Crippen molar-refractivity contribution in [1.29, 1.82) is 0 Å². The Bertz CT molecular complexity index is 387. The maximum Gasteiger partial charge on any atom is 0.119 e. The Morgan fingerprint density at radius 2 is 1.18 bits per heavy atom. The van der Waals surface area contributed by atoms with E-state index >= 15 is 0 Å². The molecular weight excluding hydrogens is 272 g/mol. The van der Waals surface area contributed by atoms with Gasteiger partial charge in [0.1, 0.15) is 11.5 Å². The average molecular weight is 306 g/mol. The highest BCUT2D eigenvalue weighted by Gasteiger charge is 2.02. The lowest BCUT2D eigenvalue weighted by molar-refractivity contribution is 0.452. The van der Waals surface area contributed by atoms with Gasteiger partial charge in [0.05, 0.1) is 0 Å². The summed E-state index contributed by atoms with van der Waals surface area (Å²) >= 11 is 0. The highest BCUT2D eigenvalue weighted by molar-refractivity contribution is 5.38. The molecule has 2 N–H and O–H groups in total. The summed E-state index contributed by atoms with van der Waals surface area (Å²) in [5, 5.41) is 19.1. The molecule has 2 nitrogen and oxygen atoms in total. The number of aryl methyl sites for hydroxylation is 1. The molecule has 0 amide bonds. The van der Waals surface area contributed by atoms with Crippen LogP contribution < -0.4 is 0 Å². The lowest BCUT2D eigenvalue weighted by atomic mass is 10.0. The molecule has 1 aromatic carbocycles. The van der Waals surface area contributed by atoms with Gasteiger partial charge in [0.25, 0.3) is 0 Å². The quantitative estimate of drug-likeness (QED) is 0.329. The van der Waals surface area contributed by atoms with Gasteiger partial charge >= 0.3 is 0 Å². The highest BCUT2D eigenvalue weighted by atomic mass is 16.3. The third kappa shape index (κ3) is 8.96. The molecule has 0 radical (unpaired) electrons. The van der Waals surface area contributed by atoms with Gasteiger partial charge in [-0.2, -0.15) is 0 Å². The van der Waals surface area contributed by atoms with E-state index in [1.165, 1.54) is 76.7 Å². The van der Waals surface area contributed by atoms with Crippen molar-refractivity contribution in [1.82, 2.24) is 0 Å². The molecule has 1 rings (SSSR count). The highest BCUT2D eigenvalue weighted by Crippen LogP contribution is 2.24. The Morgan fingerprint density at radius 3 is 1.73 bits per heavy atom. The van der Waals surface area contributed by atoms with E-state index in [0.717, 1.165) is 18.4 Å². The van der Waals surface area contributed by atoms with E-state index in [0.29, 0.717) is 5.75 Å². The lowest BCUT2D eigenvalue weighted by Gasteiger charge is -2.05. The SMILES string of the molecule is CCCCCCCCCCCCCCc1cc(O)ccc1O. The summed E-state index contributed by atoms with van der Waals surface area (Å²) < 4.78 is 0. The third-order valence-electron chi connectivity index (χ3n) is 4.36. The van der Waals surface area contributed by atoms with Gasteiger partial charge in [-0.25, -0.2) is 0 Å². The molecule has 0 unspecified atom stereocenters. The number of rotatable bonds is 13. The first-order valence-electron chi connectivity index (χ1n) is 9.25. The van der Waals surface area contributed by atoms with Crippen molar-refractivity contribution in [3.05, 3.63) is 23.8 Å². The Morgan fingerprint density at radius 1 is 0.682 bits per heavy atom. The first-order chi connectivity index (χ1) is 10.7. The van der Waals surface area contributed by atoms with E-state index in [4.69, 9.17) is 0 Å². The molecule has 22 heavy (non-hydrogen) atoms. The third-order valence-corrected chi connectivity index (χ3v) is 4.36. The first kappa shape index (κ1) is 18.9. The minimum Gasteiger partial charge on any atom is -0.508 e. The predicted molar refractivity (Wildman–Crippen MR) is 94.6 cm³/mol. The van der Waals surface area contributed by atoms with Gasteiger partial charge in [0.2, 0.25) is 0 Å². The molecular formula is C20H34O2. The zero-order chi connectivity index (χ0) is 16.0. The summed E-state index contributed by atoms with van der Waals surface area (Å²) in [7, 11) is 0. The van der Waals surface area contributed by atoms with E-state index in [1.54, 1.807) is 12.1 Å². The minimum atomic E-state index is 0.242. The van der Waals surface area contributed by atoms with Crippen LogP contribution in [0.2, 0.25) is 0 Å². The minimum absolute atomic E-state index is 0.242. The molecule has 0 aliphatic carbocycles. The Balaban J connectivity index is 1.90. The smallest absolute Gasteiger partial charge is 0.119 e. The van der Waals surface area contributed by atoms with Gasteiger partial charge in [0, 0.05) is 0 Å². The summed E-state index contributed by atoms with van der Waals surface area (Å²) in [6.45, 7) is 2.27. The molecule has 0 aliphatic rings. The van der Waals surface area contributed by atoms with Crippen LogP contribution >= 0.6 is 0 Å². The first-order valence-corrected chi connectivity index (χ1v) is 9.25. The molecule has 0 aliphatic heterocycles. The molecule has 0 saturated carbocycles. The molecule has 0 atom stereocenters. The van der Waals surface area contributed by atoms with Gasteiger partial charge in [-0.3, -0.25) is 0 Å². The van der Waals surface area contributed by atoms with Crippen molar-refractivity contribution >= 4 is 0 Å². The molecule has 0 heterocycles. The van der Waals surface area contributed by atoms with Gasteiger partial charge < -0.3 is 10.2 Å². The van der Waals surface area contributed by atoms with Crippen molar-refractivity contribution in [2.45, 2.75) is 90.4 Å². The van der Waals surface area contributed by atoms with Gasteiger partial charge in [-0.1, -0.05) is 77.6 Å². The van der Waals surface area contributed by atoms with Crippen molar-refractivity contribution in [3.8, 4) is 11.5 Å². The van der Waals surface area contributed by atoms with Crippen LogP contribution in [-0.2, 0) is 6.42 Å². The van der Waals surface area contributed by atoms with Crippen LogP contribution in [-0.4, -0.2) is 10.2 Å². The van der Waals surface area contributed by atoms with Crippen LogP contribution in [0.3, 0.4) is 0 Å². The second-order valence-electron chi connectivity index (χ2n) is 6.45. The number of phenols is 2. The summed E-state index contributed by atoms with van der Waals surface area (Å²) in [6, 6.07) is 4.78. The second kappa shape index (κ2) is 12.4. The fourth-order valence-corrected chi connectivity index (χ4v) is 2.93. The van der Waals surface area contributed by atoms with Crippen LogP contribution in [0.15, 0.2) is 18.2 Å². The van der Waals surface area contributed by atoms with E-state index in [-0.39, 0.29) is 5.75 Å². The van der Waals surface area contributed by atoms with E-state index in [1.807, 2.05) is 0 Å². The van der Waals surface area contributed by atoms with Crippen LogP contribution in [0.1, 0.15) is 89.5 Å². The predicted octanol–water partition coefficient (Wildman–Crippen LogP) is 6.34. The Kier molecular flexibility index (Phi) is 10.6. The van der Waals surface area contributed by atoms with Gasteiger partial charge in [0.15, 0.2) is 0 Å². The van der Waals surface area contributed by atoms with Crippen molar-refractivity contribution < 1.29 is 10.2 Å². The number of unbranched alkanes of at least 4 members (excludes halogenated alkanes) is 11. The normalized spacial score (nSPS) is 11.0. The average Bonchev–Trinajstić information content (AvgIpc) is 2.51. The van der Waals surface area contributed by atoms with Crippen molar-refractivity contribution in [2.24, 2.45) is 0 Å². The van der Waals surface area contributed by atoms with Crippen LogP contribution in [0.5, 0.6) is 11.5 Å². The topological polar surface area (TPSA) is 40.5 Å². The van der Waals surface area contributed by atoms with E-state index in [2.05, 4.69) is 6.92 Å². The van der Waals surface area contributed by atoms with Crippen LogP contribution in [0.4, 0.5) is 0 Å². The van der Waals surface area contributed by atoms with Crippen molar-refractivity contribution in [3.63, 3.8) is 0 Å². The molecule has 2 heteroatoms. The Hall–Kier alpha value is -1.18. The van der Waals surface area contributed by atoms with E-state index in [9.17, 15) is 10.2 Å². The van der Waals surface area contributed by atoms with E-state index < -0.39 is 0 Å². The molecule has 0 aromatic heterocycles. The number of phenolic OH excluding ortho intramolecular Hbond substituents is 2. The summed E-state index contributed by atoms with van der Waals surface area (Å²) in [5.74, 6) is 0.549. The maximum atomic E-state index is 9.70. The molecule has 0 fully saturated rings. The molecule has 0 saturated heterocycles. The Labute approximate surface area is 136 Å². The van der Waals surface area contributed by atoms with Crippen LogP contribution in [0, 0.1) is 0 Å². The molecule has 0 spiro atoms. The second-order valence-corrected chi connectivity index (χ2v) is 6.45. The number of benzene rings is 1. The monoisotopic (exact) mass is 306 g/mol. The fourth-order valence-electron chi connectivity index (χ4n) is 2.93. The lowest BCUT2D eigenvalue weighted by Crippen LogP contribution is -1.87. The summed E-state index contributed by atoms with van der Waals surface area (Å²) in [4.78, 5) is 0. The summed E-state index contributed by atoms with van der Waals surface area (Å²) in [6.07, 6.45) is 16.9. The van der Waals surface area contributed by atoms with Gasteiger partial charge in [-0.05, 0) is 36.6 Å². The largest absolute Gasteiger partial charge is 0.508 e. The number of aromatic hydroxyl groups is 2. The van der Waals surface area contributed by atoms with Crippen molar-refractivity contribution in [2.75, 3.05) is 0 Å². The number of hydrogen-bond donors (Lipinski definition) is 2. The summed E-state index contributed by atoms with van der Waals surface area (Å²) in [5.41, 5.74) is 0.868. The zero-order valence-corrected chi connectivity index (χ0v) is 14.3. The zero-order valence-electron chi connectivity index (χ0n) is 14.3.